The summed E-state index contributed by atoms with van der Waals surface area (Å²) in [6.07, 6.45) is 4.88. The molecule has 0 saturated heterocycles. The second kappa shape index (κ2) is 11.2. The highest BCUT2D eigenvalue weighted by Gasteiger charge is 2.31. The molecule has 0 aromatic heterocycles. The van der Waals surface area contributed by atoms with Crippen LogP contribution in [0.2, 0.25) is 0 Å². The third-order valence-electron chi connectivity index (χ3n) is 6.63. The zero-order valence-electron chi connectivity index (χ0n) is 20.8. The van der Waals surface area contributed by atoms with Gasteiger partial charge < -0.3 is 10.2 Å². The molecule has 3 rings (SSSR count). The Morgan fingerprint density at radius 1 is 1.09 bits per heavy atom. The normalized spacial score (nSPS) is 15.0. The van der Waals surface area contributed by atoms with Gasteiger partial charge >= 0.3 is 0 Å². The van der Waals surface area contributed by atoms with E-state index in [-0.39, 0.29) is 24.1 Å². The average Bonchev–Trinajstić information content (AvgIpc) is 3.30. The van der Waals surface area contributed by atoms with Gasteiger partial charge in [-0.15, -0.1) is 0 Å². The van der Waals surface area contributed by atoms with Crippen LogP contribution in [0.1, 0.15) is 49.3 Å². The molecule has 0 spiro atoms. The van der Waals surface area contributed by atoms with Crippen molar-refractivity contribution in [2.45, 2.75) is 65.1 Å². The third kappa shape index (κ3) is 6.81. The summed E-state index contributed by atoms with van der Waals surface area (Å²) in [6, 6.07) is 10.3. The van der Waals surface area contributed by atoms with Gasteiger partial charge in [-0.2, -0.15) is 0 Å². The molecule has 1 fully saturated rings. The Morgan fingerprint density at radius 2 is 1.74 bits per heavy atom. The number of rotatable bonds is 9. The lowest BCUT2D eigenvalue weighted by molar-refractivity contribution is -0.139. The summed E-state index contributed by atoms with van der Waals surface area (Å²) in [5, 5.41) is 2.98. The fourth-order valence-electron chi connectivity index (χ4n) is 4.28. The Morgan fingerprint density at radius 3 is 2.34 bits per heavy atom. The summed E-state index contributed by atoms with van der Waals surface area (Å²) < 4.78 is 40.8. The first-order valence-corrected chi connectivity index (χ1v) is 13.7. The number of hydrogen-bond donors (Lipinski definition) is 1. The maximum absolute atomic E-state index is 14.5. The van der Waals surface area contributed by atoms with Crippen LogP contribution in [0, 0.1) is 19.7 Å². The number of carbonyl (C=O) groups excluding carboxylic acids is 2. The van der Waals surface area contributed by atoms with Crippen molar-refractivity contribution < 1.29 is 22.4 Å². The van der Waals surface area contributed by atoms with Gasteiger partial charge in [0.25, 0.3) is 0 Å². The number of nitrogens with zero attached hydrogens (tertiary/aromatic N) is 2. The SMILES string of the molecule is Cc1ccc(N(CC(=O)N(Cc2ccccc2F)[C@@H](C)C(=O)NC2CCCC2)S(C)(=O)=O)cc1C. The highest BCUT2D eigenvalue weighted by Crippen LogP contribution is 2.23. The molecule has 0 heterocycles. The van der Waals surface area contributed by atoms with Gasteiger partial charge in [-0.25, -0.2) is 12.8 Å². The van der Waals surface area contributed by atoms with Crippen molar-refractivity contribution >= 4 is 27.5 Å². The topological polar surface area (TPSA) is 86.8 Å². The van der Waals surface area contributed by atoms with E-state index in [9.17, 15) is 22.4 Å². The van der Waals surface area contributed by atoms with E-state index in [0.29, 0.717) is 5.69 Å². The molecule has 9 heteroatoms. The lowest BCUT2D eigenvalue weighted by Crippen LogP contribution is -2.52. The van der Waals surface area contributed by atoms with Crippen molar-refractivity contribution in [3.63, 3.8) is 0 Å². The molecule has 0 bridgehead atoms. The molecule has 0 radical (unpaired) electrons. The van der Waals surface area contributed by atoms with Crippen LogP contribution in [-0.4, -0.2) is 50.0 Å². The van der Waals surface area contributed by atoms with Gasteiger partial charge in [0.2, 0.25) is 21.8 Å². The number of nitrogens with one attached hydrogen (secondary N) is 1. The fourth-order valence-corrected chi connectivity index (χ4v) is 5.12. The van der Waals surface area contributed by atoms with E-state index in [0.717, 1.165) is 47.4 Å². The van der Waals surface area contributed by atoms with Crippen LogP contribution >= 0.6 is 0 Å². The van der Waals surface area contributed by atoms with Crippen LogP contribution in [0.4, 0.5) is 10.1 Å². The molecule has 1 N–H and O–H groups in total. The number of sulfonamides is 1. The van der Waals surface area contributed by atoms with Gasteiger partial charge in [0, 0.05) is 18.2 Å². The van der Waals surface area contributed by atoms with Crippen molar-refractivity contribution in [3.8, 4) is 0 Å². The predicted molar refractivity (Wildman–Crippen MR) is 135 cm³/mol. The summed E-state index contributed by atoms with van der Waals surface area (Å²) >= 11 is 0. The van der Waals surface area contributed by atoms with Gasteiger partial charge in [0.15, 0.2) is 0 Å². The number of anilines is 1. The third-order valence-corrected chi connectivity index (χ3v) is 7.77. The van der Waals surface area contributed by atoms with Crippen molar-refractivity contribution in [2.24, 2.45) is 0 Å². The first kappa shape index (κ1) is 26.7. The molecule has 2 aromatic rings. The molecule has 1 saturated carbocycles. The largest absolute Gasteiger partial charge is 0.352 e. The van der Waals surface area contributed by atoms with Gasteiger partial charge in [0.05, 0.1) is 11.9 Å². The van der Waals surface area contributed by atoms with Gasteiger partial charge in [-0.1, -0.05) is 37.1 Å². The first-order valence-electron chi connectivity index (χ1n) is 11.9. The quantitative estimate of drug-likeness (QED) is 0.566. The molecule has 2 aromatic carbocycles. The predicted octanol–water partition coefficient (Wildman–Crippen LogP) is 3.68. The van der Waals surface area contributed by atoms with Crippen molar-refractivity contribution in [1.29, 1.82) is 0 Å². The maximum Gasteiger partial charge on any atom is 0.244 e. The fraction of sp³-hybridized carbons (Fsp3) is 0.462. The van der Waals surface area contributed by atoms with E-state index in [1.807, 2.05) is 13.8 Å². The van der Waals surface area contributed by atoms with Crippen LogP contribution in [0.25, 0.3) is 0 Å². The Kier molecular flexibility index (Phi) is 8.53. The minimum absolute atomic E-state index is 0.0541. The first-order chi connectivity index (χ1) is 16.5. The molecular weight excluding hydrogens is 469 g/mol. The van der Waals surface area contributed by atoms with E-state index < -0.39 is 34.3 Å². The minimum atomic E-state index is -3.81. The standard InChI is InChI=1S/C26H34FN3O4S/c1-18-13-14-23(15-19(18)2)30(35(4,33)34)17-25(31)29(16-21-9-5-8-12-24(21)27)20(3)26(32)28-22-10-6-7-11-22/h5,8-9,12-15,20,22H,6-7,10-11,16-17H2,1-4H3,(H,28,32)/t20-/m0/s1. The molecule has 0 unspecified atom stereocenters. The van der Waals surface area contributed by atoms with E-state index in [2.05, 4.69) is 5.32 Å². The van der Waals surface area contributed by atoms with Crippen molar-refractivity contribution in [1.82, 2.24) is 10.2 Å². The van der Waals surface area contributed by atoms with Crippen LogP contribution in [-0.2, 0) is 26.2 Å². The van der Waals surface area contributed by atoms with E-state index in [1.54, 1.807) is 43.3 Å². The average molecular weight is 504 g/mol. The Bertz CT molecular complexity index is 1180. The number of hydrogen-bond acceptors (Lipinski definition) is 4. The summed E-state index contributed by atoms with van der Waals surface area (Å²) in [5.41, 5.74) is 2.49. The molecule has 190 valence electrons. The molecule has 1 atom stereocenters. The number of halogens is 1. The molecule has 2 amide bonds. The lowest BCUT2D eigenvalue weighted by atomic mass is 10.1. The molecule has 1 aliphatic carbocycles. The highest BCUT2D eigenvalue weighted by molar-refractivity contribution is 7.92. The van der Waals surface area contributed by atoms with E-state index >= 15 is 0 Å². The van der Waals surface area contributed by atoms with Gasteiger partial charge in [-0.05, 0) is 62.9 Å². The summed E-state index contributed by atoms with van der Waals surface area (Å²) in [6.45, 7) is 4.70. The minimum Gasteiger partial charge on any atom is -0.352 e. The molecule has 0 aliphatic heterocycles. The van der Waals surface area contributed by atoms with Crippen molar-refractivity contribution in [3.05, 3.63) is 65.0 Å². The highest BCUT2D eigenvalue weighted by atomic mass is 32.2. The smallest absolute Gasteiger partial charge is 0.244 e. The van der Waals surface area contributed by atoms with Gasteiger partial charge in [-0.3, -0.25) is 13.9 Å². The maximum atomic E-state index is 14.5. The number of benzene rings is 2. The van der Waals surface area contributed by atoms with E-state index in [4.69, 9.17) is 0 Å². The second-order valence-electron chi connectivity index (χ2n) is 9.32. The molecule has 1 aliphatic rings. The van der Waals surface area contributed by atoms with Crippen LogP contribution in [0.3, 0.4) is 0 Å². The molecule has 7 nitrogen and oxygen atoms in total. The van der Waals surface area contributed by atoms with Gasteiger partial charge in [0.1, 0.15) is 18.4 Å². The Balaban J connectivity index is 1.90. The Hall–Kier alpha value is -2.94. The zero-order chi connectivity index (χ0) is 25.8. The van der Waals surface area contributed by atoms with Crippen molar-refractivity contribution in [2.75, 3.05) is 17.1 Å². The zero-order valence-corrected chi connectivity index (χ0v) is 21.6. The second-order valence-corrected chi connectivity index (χ2v) is 11.2. The molecular formula is C26H34FN3O4S. The number of carbonyl (C=O) groups is 2. The summed E-state index contributed by atoms with van der Waals surface area (Å²) in [4.78, 5) is 27.8. The number of amides is 2. The Labute approximate surface area is 207 Å². The summed E-state index contributed by atoms with van der Waals surface area (Å²) in [7, 11) is -3.81. The van der Waals surface area contributed by atoms with Crippen LogP contribution in [0.15, 0.2) is 42.5 Å². The number of aryl methyl sites for hydroxylation is 2. The monoisotopic (exact) mass is 503 g/mol. The summed E-state index contributed by atoms with van der Waals surface area (Å²) in [5.74, 6) is -1.42. The molecule has 35 heavy (non-hydrogen) atoms. The lowest BCUT2D eigenvalue weighted by Gasteiger charge is -2.32. The van der Waals surface area contributed by atoms with Crippen LogP contribution in [0.5, 0.6) is 0 Å². The van der Waals surface area contributed by atoms with E-state index in [1.165, 1.54) is 11.0 Å². The van der Waals surface area contributed by atoms with Crippen LogP contribution < -0.4 is 9.62 Å².